The second-order valence-electron chi connectivity index (χ2n) is 5.08. The monoisotopic (exact) mass is 257 g/mol. The predicted octanol–water partition coefficient (Wildman–Crippen LogP) is 1.38. The van der Waals surface area contributed by atoms with E-state index in [0.29, 0.717) is 5.92 Å². The van der Waals surface area contributed by atoms with Gasteiger partial charge in [-0.1, -0.05) is 19.1 Å². The number of rotatable bonds is 4. The third kappa shape index (κ3) is 2.81. The van der Waals surface area contributed by atoms with Gasteiger partial charge in [-0.25, -0.2) is 0 Å². The van der Waals surface area contributed by atoms with Crippen LogP contribution in [0.15, 0.2) is 24.3 Å². The first-order valence-electron chi connectivity index (χ1n) is 6.94. The second kappa shape index (κ2) is 5.48. The van der Waals surface area contributed by atoms with Gasteiger partial charge in [-0.3, -0.25) is 0 Å². The average Bonchev–Trinajstić information content (AvgIpc) is 3.11. The largest absolute Gasteiger partial charge is 0.316 e. The molecular weight excluding hydrogens is 238 g/mol. The Morgan fingerprint density at radius 2 is 2.16 bits per heavy atom. The molecule has 1 aromatic carbocycles. The molecule has 3 rings (SSSR count). The highest BCUT2D eigenvalue weighted by Crippen LogP contribution is 2.13. The van der Waals surface area contributed by atoms with Crippen LogP contribution in [0.2, 0.25) is 0 Å². The topological polar surface area (TPSA) is 55.6 Å². The third-order valence-electron chi connectivity index (χ3n) is 3.66. The van der Waals surface area contributed by atoms with Gasteiger partial charge >= 0.3 is 0 Å². The van der Waals surface area contributed by atoms with Gasteiger partial charge < -0.3 is 5.32 Å². The van der Waals surface area contributed by atoms with Crippen LogP contribution in [-0.4, -0.2) is 33.3 Å². The molecule has 19 heavy (non-hydrogen) atoms. The molecule has 1 saturated heterocycles. The lowest BCUT2D eigenvalue weighted by atomic mass is 10.1. The number of nitrogens with one attached hydrogen (secondary N) is 1. The van der Waals surface area contributed by atoms with E-state index < -0.39 is 0 Å². The third-order valence-corrected chi connectivity index (χ3v) is 3.66. The molecule has 1 aromatic heterocycles. The molecule has 5 heteroatoms. The molecule has 100 valence electrons. The molecule has 1 aliphatic heterocycles. The number of hydrogen-bond donors (Lipinski definition) is 1. The Bertz CT molecular complexity index is 525. The van der Waals surface area contributed by atoms with Crippen LogP contribution in [-0.2, 0) is 12.8 Å². The summed E-state index contributed by atoms with van der Waals surface area (Å²) >= 11 is 0. The van der Waals surface area contributed by atoms with Crippen LogP contribution in [0.4, 0.5) is 0 Å². The molecule has 0 bridgehead atoms. The highest BCUT2D eigenvalue weighted by atomic mass is 15.6. The first-order chi connectivity index (χ1) is 9.35. The summed E-state index contributed by atoms with van der Waals surface area (Å²) in [5, 5.41) is 16.1. The van der Waals surface area contributed by atoms with Crippen LogP contribution < -0.4 is 5.32 Å². The minimum Gasteiger partial charge on any atom is -0.316 e. The molecule has 0 spiro atoms. The summed E-state index contributed by atoms with van der Waals surface area (Å²) in [6.45, 7) is 4.33. The van der Waals surface area contributed by atoms with E-state index in [2.05, 4.69) is 39.8 Å². The average molecular weight is 257 g/mol. The Kier molecular flexibility index (Phi) is 3.55. The van der Waals surface area contributed by atoms with Crippen LogP contribution in [0.3, 0.4) is 0 Å². The van der Waals surface area contributed by atoms with Crippen molar-refractivity contribution < 1.29 is 0 Å². The lowest BCUT2D eigenvalue weighted by Crippen LogP contribution is -2.11. The first-order valence-corrected chi connectivity index (χ1v) is 6.94. The fraction of sp³-hybridized carbons (Fsp3) is 0.500. The number of tetrazole rings is 1. The minimum absolute atomic E-state index is 0.653. The maximum Gasteiger partial charge on any atom is 0.175 e. The zero-order valence-corrected chi connectivity index (χ0v) is 11.2. The zero-order chi connectivity index (χ0) is 13.1. The molecule has 2 aromatic rings. The molecular formula is C14H19N5. The summed E-state index contributed by atoms with van der Waals surface area (Å²) in [6.07, 6.45) is 3.17. The maximum absolute atomic E-state index is 4.47. The van der Waals surface area contributed by atoms with Crippen molar-refractivity contribution in [2.75, 3.05) is 13.1 Å². The molecule has 0 radical (unpaired) electrons. The number of nitrogens with zero attached hydrogens (tertiary/aromatic N) is 4. The van der Waals surface area contributed by atoms with Gasteiger partial charge in [0.1, 0.15) is 0 Å². The predicted molar refractivity (Wildman–Crippen MR) is 73.2 cm³/mol. The fourth-order valence-electron chi connectivity index (χ4n) is 2.45. The number of benzene rings is 1. The Morgan fingerprint density at radius 1 is 1.32 bits per heavy atom. The van der Waals surface area contributed by atoms with Crippen LogP contribution in [0.1, 0.15) is 24.7 Å². The molecule has 1 fully saturated rings. The van der Waals surface area contributed by atoms with Crippen LogP contribution in [0.25, 0.3) is 5.69 Å². The van der Waals surface area contributed by atoms with E-state index in [9.17, 15) is 0 Å². The summed E-state index contributed by atoms with van der Waals surface area (Å²) in [7, 11) is 0. The van der Waals surface area contributed by atoms with Gasteiger partial charge in [0.05, 0.1) is 5.69 Å². The van der Waals surface area contributed by atoms with Crippen LogP contribution in [0, 0.1) is 5.92 Å². The van der Waals surface area contributed by atoms with Crippen molar-refractivity contribution in [1.29, 1.82) is 0 Å². The standard InChI is InChI=1S/C14H19N5/c1-2-11-3-5-13(6-4-11)19-17-14(16-18-19)9-12-7-8-15-10-12/h3-6,12,15H,2,7-10H2,1H3. The number of aromatic nitrogens is 4. The van der Waals surface area contributed by atoms with Crippen molar-refractivity contribution in [2.45, 2.75) is 26.2 Å². The Balaban J connectivity index is 1.72. The molecule has 1 N–H and O–H groups in total. The molecule has 5 nitrogen and oxygen atoms in total. The summed E-state index contributed by atoms with van der Waals surface area (Å²) in [5.41, 5.74) is 2.29. The highest BCUT2D eigenvalue weighted by molar-refractivity contribution is 5.32. The molecule has 1 unspecified atom stereocenters. The van der Waals surface area contributed by atoms with Crippen molar-refractivity contribution in [3.63, 3.8) is 0 Å². The van der Waals surface area contributed by atoms with E-state index in [-0.39, 0.29) is 0 Å². The highest BCUT2D eigenvalue weighted by Gasteiger charge is 2.17. The maximum atomic E-state index is 4.47. The smallest absolute Gasteiger partial charge is 0.175 e. The van der Waals surface area contributed by atoms with E-state index in [1.54, 1.807) is 4.80 Å². The summed E-state index contributed by atoms with van der Waals surface area (Å²) in [4.78, 5) is 1.62. The summed E-state index contributed by atoms with van der Waals surface area (Å²) in [5.74, 6) is 1.49. The SMILES string of the molecule is CCc1ccc(-n2nnc(CC3CCNC3)n2)cc1. The van der Waals surface area contributed by atoms with Gasteiger partial charge in [-0.15, -0.1) is 15.0 Å². The van der Waals surface area contributed by atoms with Crippen molar-refractivity contribution in [1.82, 2.24) is 25.5 Å². The van der Waals surface area contributed by atoms with Crippen molar-refractivity contribution in [3.8, 4) is 5.69 Å². The van der Waals surface area contributed by atoms with Gasteiger partial charge in [0, 0.05) is 6.42 Å². The van der Waals surface area contributed by atoms with E-state index in [0.717, 1.165) is 37.4 Å². The zero-order valence-electron chi connectivity index (χ0n) is 11.2. The molecule has 0 aliphatic carbocycles. The normalized spacial score (nSPS) is 18.9. The van der Waals surface area contributed by atoms with Gasteiger partial charge in [-0.2, -0.15) is 0 Å². The first kappa shape index (κ1) is 12.3. The van der Waals surface area contributed by atoms with Crippen molar-refractivity contribution in [3.05, 3.63) is 35.7 Å². The second-order valence-corrected chi connectivity index (χ2v) is 5.08. The molecule has 1 aliphatic rings. The van der Waals surface area contributed by atoms with Crippen molar-refractivity contribution >= 4 is 0 Å². The van der Waals surface area contributed by atoms with Crippen LogP contribution in [0.5, 0.6) is 0 Å². The quantitative estimate of drug-likeness (QED) is 0.899. The Morgan fingerprint density at radius 3 is 2.84 bits per heavy atom. The van der Waals surface area contributed by atoms with E-state index >= 15 is 0 Å². The van der Waals surface area contributed by atoms with Gasteiger partial charge in [0.25, 0.3) is 0 Å². The molecule has 2 heterocycles. The number of hydrogen-bond acceptors (Lipinski definition) is 4. The molecule has 0 saturated carbocycles. The molecule has 1 atom stereocenters. The lowest BCUT2D eigenvalue weighted by Gasteiger charge is -2.02. The fourth-order valence-corrected chi connectivity index (χ4v) is 2.45. The van der Waals surface area contributed by atoms with E-state index in [4.69, 9.17) is 0 Å². The summed E-state index contributed by atoms with van der Waals surface area (Å²) < 4.78 is 0. The minimum atomic E-state index is 0.653. The molecule has 0 amide bonds. The van der Waals surface area contributed by atoms with Gasteiger partial charge in [0.15, 0.2) is 5.82 Å². The Labute approximate surface area is 113 Å². The van der Waals surface area contributed by atoms with Gasteiger partial charge in [-0.05, 0) is 54.8 Å². The van der Waals surface area contributed by atoms with Crippen LogP contribution >= 0.6 is 0 Å². The Hall–Kier alpha value is -1.75. The van der Waals surface area contributed by atoms with Crippen molar-refractivity contribution in [2.24, 2.45) is 5.92 Å². The summed E-state index contributed by atoms with van der Waals surface area (Å²) in [6, 6.07) is 8.31. The van der Waals surface area contributed by atoms with Gasteiger partial charge in [0.2, 0.25) is 0 Å². The lowest BCUT2D eigenvalue weighted by molar-refractivity contribution is 0.560. The van der Waals surface area contributed by atoms with E-state index in [1.165, 1.54) is 12.0 Å². The number of aryl methyl sites for hydroxylation is 1. The van der Waals surface area contributed by atoms with E-state index in [1.807, 2.05) is 12.1 Å².